The number of benzene rings is 4. The van der Waals surface area contributed by atoms with E-state index in [1.54, 1.807) is 6.07 Å². The second-order valence-electron chi connectivity index (χ2n) is 5.28. The van der Waals surface area contributed by atoms with Gasteiger partial charge in [0.05, 0.1) is 0 Å². The van der Waals surface area contributed by atoms with Gasteiger partial charge in [0.15, 0.2) is 0 Å². The third kappa shape index (κ3) is 2.03. The molecular formula is C20H14O. The van der Waals surface area contributed by atoms with E-state index >= 15 is 0 Å². The number of hydrogen-bond acceptors (Lipinski definition) is 1. The first kappa shape index (κ1) is 12.0. The zero-order valence-electron chi connectivity index (χ0n) is 11.5. The molecule has 4 aromatic carbocycles. The molecule has 0 atom stereocenters. The molecule has 0 saturated heterocycles. The van der Waals surface area contributed by atoms with Crippen LogP contribution in [0.3, 0.4) is 0 Å². The van der Waals surface area contributed by atoms with Crippen molar-refractivity contribution in [2.45, 2.75) is 0 Å². The molecular weight excluding hydrogens is 256 g/mol. The Morgan fingerprint density at radius 1 is 0.571 bits per heavy atom. The summed E-state index contributed by atoms with van der Waals surface area (Å²) in [6.45, 7) is 0. The highest BCUT2D eigenvalue weighted by molar-refractivity contribution is 5.99. The molecule has 0 saturated carbocycles. The Labute approximate surface area is 123 Å². The molecule has 0 aromatic heterocycles. The Kier molecular flexibility index (Phi) is 2.65. The maximum Gasteiger partial charge on any atom is 0.116 e. The first-order valence-electron chi connectivity index (χ1n) is 7.02. The van der Waals surface area contributed by atoms with E-state index in [-0.39, 0.29) is 0 Å². The van der Waals surface area contributed by atoms with Gasteiger partial charge in [0, 0.05) is 0 Å². The molecule has 0 aliphatic carbocycles. The van der Waals surface area contributed by atoms with Crippen LogP contribution in [0.1, 0.15) is 0 Å². The fourth-order valence-electron chi connectivity index (χ4n) is 2.89. The molecule has 0 amide bonds. The molecule has 0 aliphatic rings. The highest BCUT2D eigenvalue weighted by Crippen LogP contribution is 2.33. The predicted octanol–water partition coefficient (Wildman–Crippen LogP) is 5.37. The van der Waals surface area contributed by atoms with Crippen LogP contribution in [0.15, 0.2) is 78.9 Å². The Morgan fingerprint density at radius 3 is 2.14 bits per heavy atom. The van der Waals surface area contributed by atoms with Gasteiger partial charge in [-0.25, -0.2) is 0 Å². The van der Waals surface area contributed by atoms with Crippen molar-refractivity contribution in [2.75, 3.05) is 0 Å². The zero-order chi connectivity index (χ0) is 14.2. The van der Waals surface area contributed by atoms with E-state index in [1.165, 1.54) is 10.8 Å². The van der Waals surface area contributed by atoms with E-state index in [1.807, 2.05) is 36.4 Å². The third-order valence-corrected chi connectivity index (χ3v) is 3.91. The molecule has 21 heavy (non-hydrogen) atoms. The minimum Gasteiger partial charge on any atom is -0.508 e. The van der Waals surface area contributed by atoms with E-state index in [2.05, 4.69) is 36.4 Å². The Balaban J connectivity index is 2.03. The molecule has 4 aromatic rings. The molecule has 0 heterocycles. The fraction of sp³-hybridized carbons (Fsp3) is 0. The lowest BCUT2D eigenvalue weighted by atomic mass is 9.96. The van der Waals surface area contributed by atoms with E-state index in [4.69, 9.17) is 0 Å². The van der Waals surface area contributed by atoms with Crippen LogP contribution in [0.25, 0.3) is 32.7 Å². The van der Waals surface area contributed by atoms with Gasteiger partial charge in [0.1, 0.15) is 5.75 Å². The second-order valence-corrected chi connectivity index (χ2v) is 5.28. The summed E-state index contributed by atoms with van der Waals surface area (Å²) >= 11 is 0. The van der Waals surface area contributed by atoms with E-state index < -0.39 is 0 Å². The van der Waals surface area contributed by atoms with Gasteiger partial charge in [-0.15, -0.1) is 0 Å². The molecule has 0 unspecified atom stereocenters. The average Bonchev–Trinajstić information content (AvgIpc) is 2.53. The summed E-state index contributed by atoms with van der Waals surface area (Å²) in [5, 5.41) is 14.6. The van der Waals surface area contributed by atoms with Gasteiger partial charge in [-0.2, -0.15) is 0 Å². The lowest BCUT2D eigenvalue weighted by molar-refractivity contribution is 0.476. The molecule has 4 rings (SSSR count). The average molecular weight is 270 g/mol. The van der Waals surface area contributed by atoms with Crippen LogP contribution in [-0.4, -0.2) is 5.11 Å². The Hall–Kier alpha value is -2.80. The standard InChI is InChI=1S/C20H14O/c21-18-12-16-7-3-4-8-19(16)20(13-18)17-10-9-14-5-1-2-6-15(14)11-17/h1-13,21H. The lowest BCUT2D eigenvalue weighted by Gasteiger charge is -2.09. The molecule has 0 aliphatic heterocycles. The van der Waals surface area contributed by atoms with Gasteiger partial charge >= 0.3 is 0 Å². The molecule has 100 valence electrons. The van der Waals surface area contributed by atoms with Crippen LogP contribution in [0.2, 0.25) is 0 Å². The molecule has 0 bridgehead atoms. The van der Waals surface area contributed by atoms with Gasteiger partial charge in [-0.05, 0) is 50.9 Å². The number of hydrogen-bond donors (Lipinski definition) is 1. The van der Waals surface area contributed by atoms with Gasteiger partial charge in [0.25, 0.3) is 0 Å². The van der Waals surface area contributed by atoms with Crippen LogP contribution < -0.4 is 0 Å². The van der Waals surface area contributed by atoms with Crippen molar-refractivity contribution in [3.63, 3.8) is 0 Å². The predicted molar refractivity (Wildman–Crippen MR) is 88.6 cm³/mol. The highest BCUT2D eigenvalue weighted by atomic mass is 16.3. The Morgan fingerprint density at radius 2 is 1.29 bits per heavy atom. The first-order chi connectivity index (χ1) is 10.3. The van der Waals surface area contributed by atoms with Crippen LogP contribution in [-0.2, 0) is 0 Å². The smallest absolute Gasteiger partial charge is 0.116 e. The SMILES string of the molecule is Oc1cc(-c2ccc3ccccc3c2)c2ccccc2c1. The number of rotatable bonds is 1. The normalized spacial score (nSPS) is 11.0. The summed E-state index contributed by atoms with van der Waals surface area (Å²) in [4.78, 5) is 0. The molecule has 1 nitrogen and oxygen atoms in total. The lowest BCUT2D eigenvalue weighted by Crippen LogP contribution is -1.82. The van der Waals surface area contributed by atoms with Crippen molar-refractivity contribution in [1.29, 1.82) is 0 Å². The minimum atomic E-state index is 0.303. The number of aromatic hydroxyl groups is 1. The fourth-order valence-corrected chi connectivity index (χ4v) is 2.89. The summed E-state index contributed by atoms with van der Waals surface area (Å²) in [6, 6.07) is 26.5. The summed E-state index contributed by atoms with van der Waals surface area (Å²) in [5.41, 5.74) is 2.19. The zero-order valence-corrected chi connectivity index (χ0v) is 11.5. The van der Waals surface area contributed by atoms with Gasteiger partial charge in [0.2, 0.25) is 0 Å². The summed E-state index contributed by atoms with van der Waals surface area (Å²) in [6.07, 6.45) is 0. The van der Waals surface area contributed by atoms with Crippen molar-refractivity contribution >= 4 is 21.5 Å². The molecule has 0 spiro atoms. The largest absolute Gasteiger partial charge is 0.508 e. The topological polar surface area (TPSA) is 20.2 Å². The van der Waals surface area contributed by atoms with Gasteiger partial charge < -0.3 is 5.11 Å². The van der Waals surface area contributed by atoms with Gasteiger partial charge in [-0.3, -0.25) is 0 Å². The molecule has 1 heteroatoms. The van der Waals surface area contributed by atoms with Crippen LogP contribution in [0.4, 0.5) is 0 Å². The van der Waals surface area contributed by atoms with E-state index in [0.717, 1.165) is 21.9 Å². The molecule has 0 radical (unpaired) electrons. The number of fused-ring (bicyclic) bond motifs is 2. The van der Waals surface area contributed by atoms with E-state index in [0.29, 0.717) is 5.75 Å². The van der Waals surface area contributed by atoms with Crippen molar-refractivity contribution in [3.8, 4) is 16.9 Å². The number of phenols is 1. The Bertz CT molecular complexity index is 954. The van der Waals surface area contributed by atoms with Crippen LogP contribution in [0.5, 0.6) is 5.75 Å². The summed E-state index contributed by atoms with van der Waals surface area (Å²) < 4.78 is 0. The quantitative estimate of drug-likeness (QED) is 0.493. The molecule has 1 N–H and O–H groups in total. The van der Waals surface area contributed by atoms with E-state index in [9.17, 15) is 5.11 Å². The summed E-state index contributed by atoms with van der Waals surface area (Å²) in [5.74, 6) is 0.303. The maximum atomic E-state index is 9.99. The van der Waals surface area contributed by atoms with Crippen LogP contribution >= 0.6 is 0 Å². The number of phenolic OH excluding ortho intramolecular Hbond substituents is 1. The first-order valence-corrected chi connectivity index (χ1v) is 7.02. The maximum absolute atomic E-state index is 9.99. The van der Waals surface area contributed by atoms with Gasteiger partial charge in [-0.1, -0.05) is 60.7 Å². The minimum absolute atomic E-state index is 0.303. The van der Waals surface area contributed by atoms with Crippen molar-refractivity contribution in [1.82, 2.24) is 0 Å². The van der Waals surface area contributed by atoms with Crippen molar-refractivity contribution in [3.05, 3.63) is 78.9 Å². The highest BCUT2D eigenvalue weighted by Gasteiger charge is 2.06. The monoisotopic (exact) mass is 270 g/mol. The second kappa shape index (κ2) is 4.64. The summed E-state index contributed by atoms with van der Waals surface area (Å²) in [7, 11) is 0. The molecule has 0 fully saturated rings. The van der Waals surface area contributed by atoms with Crippen molar-refractivity contribution in [2.24, 2.45) is 0 Å². The van der Waals surface area contributed by atoms with Crippen LogP contribution in [0, 0.1) is 0 Å². The third-order valence-electron chi connectivity index (χ3n) is 3.91. The van der Waals surface area contributed by atoms with Crippen molar-refractivity contribution < 1.29 is 5.11 Å².